The smallest absolute Gasteiger partial charge is 0.162 e. The van der Waals surface area contributed by atoms with Gasteiger partial charge in [0.1, 0.15) is 0 Å². The summed E-state index contributed by atoms with van der Waals surface area (Å²) >= 11 is 0. The van der Waals surface area contributed by atoms with E-state index in [0.29, 0.717) is 12.8 Å². The second-order valence-corrected chi connectivity index (χ2v) is 3.29. The second kappa shape index (κ2) is 7.91. The minimum absolute atomic E-state index is 0.284. The van der Waals surface area contributed by atoms with Crippen molar-refractivity contribution in [1.29, 1.82) is 5.41 Å². The second-order valence-electron chi connectivity index (χ2n) is 3.29. The molecule has 1 atom stereocenters. The van der Waals surface area contributed by atoms with Crippen LogP contribution in [0.4, 0.5) is 0 Å². The molecule has 0 aliphatic carbocycles. The van der Waals surface area contributed by atoms with Crippen molar-refractivity contribution in [2.75, 3.05) is 14.2 Å². The van der Waals surface area contributed by atoms with Crippen molar-refractivity contribution < 1.29 is 14.6 Å². The van der Waals surface area contributed by atoms with E-state index in [-0.39, 0.29) is 5.71 Å². The Morgan fingerprint density at radius 1 is 1.36 bits per heavy atom. The standard InChI is InChI=1S/C10H21NO3/c1-4-5-6-9(12)8(11)7-10(13-2)14-3/h9-12H,4-7H2,1-3H3. The van der Waals surface area contributed by atoms with Crippen LogP contribution in [0.3, 0.4) is 0 Å². The van der Waals surface area contributed by atoms with E-state index in [1.54, 1.807) is 0 Å². The number of aliphatic hydroxyl groups excluding tert-OH is 1. The van der Waals surface area contributed by atoms with E-state index in [4.69, 9.17) is 14.9 Å². The van der Waals surface area contributed by atoms with E-state index < -0.39 is 12.4 Å². The summed E-state index contributed by atoms with van der Waals surface area (Å²) in [6.45, 7) is 2.06. The van der Waals surface area contributed by atoms with Crippen LogP contribution in [0.15, 0.2) is 0 Å². The third-order valence-corrected chi connectivity index (χ3v) is 2.15. The van der Waals surface area contributed by atoms with E-state index in [1.807, 2.05) is 0 Å². The van der Waals surface area contributed by atoms with E-state index >= 15 is 0 Å². The SMILES string of the molecule is CCCCC(O)C(=N)CC(OC)OC. The molecule has 0 aliphatic heterocycles. The molecule has 14 heavy (non-hydrogen) atoms. The molecule has 1 unspecified atom stereocenters. The van der Waals surface area contributed by atoms with Crippen molar-refractivity contribution in [2.24, 2.45) is 0 Å². The Bertz CT molecular complexity index is 157. The summed E-state index contributed by atoms with van der Waals surface area (Å²) in [6, 6.07) is 0. The summed E-state index contributed by atoms with van der Waals surface area (Å²) in [5.41, 5.74) is 0.284. The van der Waals surface area contributed by atoms with Crippen LogP contribution in [0.1, 0.15) is 32.6 Å². The monoisotopic (exact) mass is 203 g/mol. The van der Waals surface area contributed by atoms with Crippen LogP contribution in [-0.2, 0) is 9.47 Å². The Balaban J connectivity index is 3.81. The van der Waals surface area contributed by atoms with Crippen LogP contribution in [0.2, 0.25) is 0 Å². The van der Waals surface area contributed by atoms with Gasteiger partial charge in [-0.3, -0.25) is 0 Å². The number of ether oxygens (including phenoxy) is 2. The fourth-order valence-corrected chi connectivity index (χ4v) is 1.15. The van der Waals surface area contributed by atoms with Gasteiger partial charge >= 0.3 is 0 Å². The number of rotatable bonds is 8. The van der Waals surface area contributed by atoms with Gasteiger partial charge in [-0.2, -0.15) is 0 Å². The van der Waals surface area contributed by atoms with Crippen LogP contribution in [0.25, 0.3) is 0 Å². The van der Waals surface area contributed by atoms with Gasteiger partial charge in [0.05, 0.1) is 6.10 Å². The van der Waals surface area contributed by atoms with Crippen LogP contribution < -0.4 is 0 Å². The van der Waals surface area contributed by atoms with Gasteiger partial charge in [0.25, 0.3) is 0 Å². The lowest BCUT2D eigenvalue weighted by Gasteiger charge is -2.17. The molecule has 0 rings (SSSR count). The van der Waals surface area contributed by atoms with Crippen molar-refractivity contribution >= 4 is 5.71 Å². The first kappa shape index (κ1) is 13.5. The molecule has 0 radical (unpaired) electrons. The Kier molecular flexibility index (Phi) is 7.65. The quantitative estimate of drug-likeness (QED) is 0.465. The van der Waals surface area contributed by atoms with Crippen LogP contribution >= 0.6 is 0 Å². The highest BCUT2D eigenvalue weighted by atomic mass is 16.7. The average Bonchev–Trinajstić information content (AvgIpc) is 2.21. The third-order valence-electron chi connectivity index (χ3n) is 2.15. The van der Waals surface area contributed by atoms with Crippen molar-refractivity contribution in [3.05, 3.63) is 0 Å². The third kappa shape index (κ3) is 5.32. The molecule has 0 saturated heterocycles. The summed E-state index contributed by atoms with van der Waals surface area (Å²) in [4.78, 5) is 0. The summed E-state index contributed by atoms with van der Waals surface area (Å²) in [5.74, 6) is 0. The lowest BCUT2D eigenvalue weighted by molar-refractivity contribution is -0.0968. The topological polar surface area (TPSA) is 62.5 Å². The number of methoxy groups -OCH3 is 2. The molecule has 84 valence electrons. The maximum atomic E-state index is 9.55. The minimum atomic E-state index is -0.650. The van der Waals surface area contributed by atoms with Crippen LogP contribution in [0.5, 0.6) is 0 Å². The highest BCUT2D eigenvalue weighted by Gasteiger charge is 2.15. The van der Waals surface area contributed by atoms with Crippen molar-refractivity contribution in [2.45, 2.75) is 45.0 Å². The number of hydrogen-bond acceptors (Lipinski definition) is 4. The van der Waals surface area contributed by atoms with Crippen molar-refractivity contribution in [3.63, 3.8) is 0 Å². The maximum Gasteiger partial charge on any atom is 0.162 e. The summed E-state index contributed by atoms with van der Waals surface area (Å²) < 4.78 is 9.90. The van der Waals surface area contributed by atoms with Gasteiger partial charge < -0.3 is 20.0 Å². The minimum Gasteiger partial charge on any atom is -0.387 e. The predicted molar refractivity (Wildman–Crippen MR) is 55.7 cm³/mol. The molecule has 0 fully saturated rings. The molecule has 0 amide bonds. The highest BCUT2D eigenvalue weighted by Crippen LogP contribution is 2.07. The van der Waals surface area contributed by atoms with Gasteiger partial charge in [0.2, 0.25) is 0 Å². The van der Waals surface area contributed by atoms with Gasteiger partial charge in [0, 0.05) is 26.4 Å². The van der Waals surface area contributed by atoms with Gasteiger partial charge in [0.15, 0.2) is 6.29 Å². The molecule has 0 aromatic carbocycles. The van der Waals surface area contributed by atoms with E-state index in [0.717, 1.165) is 12.8 Å². The summed E-state index contributed by atoms with van der Waals surface area (Å²) in [7, 11) is 3.06. The fourth-order valence-electron chi connectivity index (χ4n) is 1.15. The molecule has 0 spiro atoms. The molecule has 2 N–H and O–H groups in total. The molecule has 0 saturated carbocycles. The molecule has 4 heteroatoms. The zero-order valence-corrected chi connectivity index (χ0v) is 9.25. The molecule has 0 aliphatic rings. The lowest BCUT2D eigenvalue weighted by atomic mass is 10.1. The van der Waals surface area contributed by atoms with Crippen LogP contribution in [-0.4, -0.2) is 37.4 Å². The Hall–Kier alpha value is -0.450. The van der Waals surface area contributed by atoms with Gasteiger partial charge in [-0.1, -0.05) is 19.8 Å². The number of unbranched alkanes of at least 4 members (excludes halogenated alkanes) is 1. The van der Waals surface area contributed by atoms with E-state index in [2.05, 4.69) is 6.92 Å². The predicted octanol–water partition coefficient (Wildman–Crippen LogP) is 1.57. The molecule has 0 aromatic heterocycles. The maximum absolute atomic E-state index is 9.55. The fraction of sp³-hybridized carbons (Fsp3) is 0.900. The van der Waals surface area contributed by atoms with Crippen molar-refractivity contribution in [1.82, 2.24) is 0 Å². The molecular formula is C10H21NO3. The first-order valence-electron chi connectivity index (χ1n) is 4.96. The molecule has 0 heterocycles. The Morgan fingerprint density at radius 2 is 1.93 bits per heavy atom. The zero-order chi connectivity index (χ0) is 11.0. The first-order chi connectivity index (χ1) is 6.65. The van der Waals surface area contributed by atoms with E-state index in [1.165, 1.54) is 14.2 Å². The molecule has 4 nitrogen and oxygen atoms in total. The number of hydrogen-bond donors (Lipinski definition) is 2. The summed E-state index contributed by atoms with van der Waals surface area (Å²) in [6.07, 6.45) is 1.88. The molecule has 0 bridgehead atoms. The normalized spacial score (nSPS) is 13.2. The average molecular weight is 203 g/mol. The largest absolute Gasteiger partial charge is 0.387 e. The van der Waals surface area contributed by atoms with Gasteiger partial charge in [-0.25, -0.2) is 0 Å². The van der Waals surface area contributed by atoms with Crippen LogP contribution in [0, 0.1) is 5.41 Å². The highest BCUT2D eigenvalue weighted by molar-refractivity contribution is 5.85. The zero-order valence-electron chi connectivity index (χ0n) is 9.25. The molecule has 0 aromatic rings. The van der Waals surface area contributed by atoms with Gasteiger partial charge in [-0.15, -0.1) is 0 Å². The van der Waals surface area contributed by atoms with Crippen molar-refractivity contribution in [3.8, 4) is 0 Å². The lowest BCUT2D eigenvalue weighted by Crippen LogP contribution is -2.26. The Labute approximate surface area is 85.7 Å². The summed E-state index contributed by atoms with van der Waals surface area (Å²) in [5, 5.41) is 17.2. The van der Waals surface area contributed by atoms with E-state index in [9.17, 15) is 5.11 Å². The first-order valence-corrected chi connectivity index (χ1v) is 4.96. The molecular weight excluding hydrogens is 182 g/mol. The number of nitrogens with one attached hydrogen (secondary N) is 1. The van der Waals surface area contributed by atoms with Gasteiger partial charge in [-0.05, 0) is 6.42 Å². The number of aliphatic hydroxyl groups is 1. The Morgan fingerprint density at radius 3 is 2.36 bits per heavy atom.